The summed E-state index contributed by atoms with van der Waals surface area (Å²) in [5, 5.41) is 3.04. The highest BCUT2D eigenvalue weighted by molar-refractivity contribution is 7.17. The van der Waals surface area contributed by atoms with Crippen LogP contribution in [0.5, 0.6) is 11.5 Å². The van der Waals surface area contributed by atoms with E-state index >= 15 is 0 Å². The molecule has 2 amide bonds. The molecule has 1 aromatic heterocycles. The van der Waals surface area contributed by atoms with E-state index in [1.807, 2.05) is 0 Å². The Morgan fingerprint density at radius 1 is 1.14 bits per heavy atom. The fourth-order valence-corrected chi connectivity index (χ4v) is 4.64. The maximum Gasteiger partial charge on any atom is 0.338 e. The second kappa shape index (κ2) is 8.52. The Bertz CT molecular complexity index is 957. The topological polar surface area (TPSA) is 117 Å². The maximum absolute atomic E-state index is 12.4. The molecule has 0 saturated carbocycles. The van der Waals surface area contributed by atoms with Crippen LogP contribution in [0.3, 0.4) is 0 Å². The molecule has 154 valence electrons. The minimum atomic E-state index is -0.694. The summed E-state index contributed by atoms with van der Waals surface area (Å²) < 4.78 is 15.6. The lowest BCUT2D eigenvalue weighted by atomic mass is 10.1. The van der Waals surface area contributed by atoms with E-state index in [2.05, 4.69) is 5.32 Å². The first-order chi connectivity index (χ1) is 13.8. The molecule has 3 N–H and O–H groups in total. The van der Waals surface area contributed by atoms with Gasteiger partial charge in [0.05, 0.1) is 25.3 Å². The molecular weight excluding hydrogens is 396 g/mol. The van der Waals surface area contributed by atoms with Gasteiger partial charge in [-0.1, -0.05) is 0 Å². The van der Waals surface area contributed by atoms with E-state index in [1.54, 1.807) is 6.92 Å². The first kappa shape index (κ1) is 20.7. The summed E-state index contributed by atoms with van der Waals surface area (Å²) in [5.41, 5.74) is 7.69. The van der Waals surface area contributed by atoms with Crippen molar-refractivity contribution in [3.05, 3.63) is 39.3 Å². The highest BCUT2D eigenvalue weighted by atomic mass is 32.1. The van der Waals surface area contributed by atoms with Crippen LogP contribution in [-0.2, 0) is 22.4 Å². The number of aryl methyl sites for hydroxylation is 1. The van der Waals surface area contributed by atoms with Crippen LogP contribution in [0.25, 0.3) is 0 Å². The number of carbonyl (C=O) groups excluding carboxylic acids is 3. The van der Waals surface area contributed by atoms with E-state index in [0.29, 0.717) is 22.1 Å². The Morgan fingerprint density at radius 2 is 1.79 bits per heavy atom. The summed E-state index contributed by atoms with van der Waals surface area (Å²) in [6.07, 6.45) is 2.60. The van der Waals surface area contributed by atoms with Gasteiger partial charge >= 0.3 is 5.97 Å². The molecule has 1 heterocycles. The van der Waals surface area contributed by atoms with E-state index in [9.17, 15) is 14.4 Å². The number of benzene rings is 1. The average Bonchev–Trinajstić information content (AvgIpc) is 3.26. The second-order valence-corrected chi connectivity index (χ2v) is 7.66. The number of hydrogen-bond donors (Lipinski definition) is 2. The van der Waals surface area contributed by atoms with Crippen molar-refractivity contribution >= 4 is 34.1 Å². The van der Waals surface area contributed by atoms with Crippen LogP contribution in [-0.4, -0.2) is 38.6 Å². The maximum atomic E-state index is 12.4. The Morgan fingerprint density at radius 3 is 2.38 bits per heavy atom. The second-order valence-electron chi connectivity index (χ2n) is 6.56. The number of nitrogens with one attached hydrogen (secondary N) is 1. The number of nitrogens with two attached hydrogens (primary N) is 1. The van der Waals surface area contributed by atoms with Gasteiger partial charge in [0.1, 0.15) is 16.5 Å². The normalized spacial score (nSPS) is 12.2. The minimum absolute atomic E-state index is 0.199. The van der Waals surface area contributed by atoms with Crippen LogP contribution in [0.15, 0.2) is 12.1 Å². The Kier molecular flexibility index (Phi) is 6.07. The molecule has 1 aliphatic carbocycles. The number of rotatable bonds is 7. The Balaban J connectivity index is 1.68. The zero-order valence-corrected chi connectivity index (χ0v) is 17.2. The molecule has 8 nitrogen and oxygen atoms in total. The first-order valence-electron chi connectivity index (χ1n) is 8.99. The molecule has 9 heteroatoms. The van der Waals surface area contributed by atoms with Crippen molar-refractivity contribution in [3.63, 3.8) is 0 Å². The van der Waals surface area contributed by atoms with Gasteiger partial charge in [-0.25, -0.2) is 4.79 Å². The zero-order chi connectivity index (χ0) is 21.1. The Hall–Kier alpha value is -3.07. The number of anilines is 1. The summed E-state index contributed by atoms with van der Waals surface area (Å²) in [5.74, 6) is -0.872. The van der Waals surface area contributed by atoms with Gasteiger partial charge in [-0.05, 0) is 43.9 Å². The number of primary amides is 1. The van der Waals surface area contributed by atoms with E-state index in [1.165, 1.54) is 37.7 Å². The van der Waals surface area contributed by atoms with Gasteiger partial charge in [-0.15, -0.1) is 11.3 Å². The zero-order valence-electron chi connectivity index (χ0n) is 16.4. The monoisotopic (exact) mass is 418 g/mol. The molecule has 1 aliphatic rings. The molecule has 0 aliphatic heterocycles. The van der Waals surface area contributed by atoms with Crippen LogP contribution in [0.1, 0.15) is 43.1 Å². The number of methoxy groups -OCH3 is 2. The molecule has 0 bridgehead atoms. The van der Waals surface area contributed by atoms with E-state index < -0.39 is 24.4 Å². The van der Waals surface area contributed by atoms with Gasteiger partial charge in [0, 0.05) is 10.4 Å². The van der Waals surface area contributed by atoms with Gasteiger partial charge in [0.2, 0.25) is 0 Å². The van der Waals surface area contributed by atoms with Crippen LogP contribution < -0.4 is 20.5 Å². The molecule has 3 rings (SSSR count). The molecule has 0 radical (unpaired) electrons. The number of amides is 2. The van der Waals surface area contributed by atoms with Gasteiger partial charge < -0.3 is 25.3 Å². The van der Waals surface area contributed by atoms with E-state index in [0.717, 1.165) is 35.3 Å². The molecule has 29 heavy (non-hydrogen) atoms. The van der Waals surface area contributed by atoms with Gasteiger partial charge in [-0.3, -0.25) is 9.59 Å². The predicted octanol–water partition coefficient (Wildman–Crippen LogP) is 2.46. The number of thiophene rings is 1. The SMILES string of the molecule is COc1cc(C(=O)OCC(=O)Nc2sc3c(c2C(N)=O)CCC3)cc(OC)c1C. The summed E-state index contributed by atoms with van der Waals surface area (Å²) in [7, 11) is 2.97. The number of carbonyl (C=O) groups is 3. The highest BCUT2D eigenvalue weighted by Crippen LogP contribution is 2.38. The smallest absolute Gasteiger partial charge is 0.338 e. The Labute approximate surface area is 171 Å². The molecule has 0 saturated heterocycles. The van der Waals surface area contributed by atoms with Crippen molar-refractivity contribution in [1.29, 1.82) is 0 Å². The predicted molar refractivity (Wildman–Crippen MR) is 108 cm³/mol. The molecule has 0 atom stereocenters. The van der Waals surface area contributed by atoms with Crippen LogP contribution in [0.4, 0.5) is 5.00 Å². The summed E-state index contributed by atoms with van der Waals surface area (Å²) in [6.45, 7) is 1.30. The number of ether oxygens (including phenoxy) is 3. The highest BCUT2D eigenvalue weighted by Gasteiger charge is 2.26. The lowest BCUT2D eigenvalue weighted by Crippen LogP contribution is -2.22. The summed E-state index contributed by atoms with van der Waals surface area (Å²) in [6, 6.07) is 3.04. The third-order valence-corrected chi connectivity index (χ3v) is 5.95. The van der Waals surface area contributed by atoms with Crippen molar-refractivity contribution in [2.45, 2.75) is 26.2 Å². The molecule has 0 unspecified atom stereocenters. The molecular formula is C20H22N2O6S. The van der Waals surface area contributed by atoms with Crippen molar-refractivity contribution in [1.82, 2.24) is 0 Å². The van der Waals surface area contributed by atoms with Crippen LogP contribution in [0.2, 0.25) is 0 Å². The minimum Gasteiger partial charge on any atom is -0.496 e. The van der Waals surface area contributed by atoms with E-state index in [4.69, 9.17) is 19.9 Å². The summed E-state index contributed by atoms with van der Waals surface area (Å²) in [4.78, 5) is 37.5. The fraction of sp³-hybridized carbons (Fsp3) is 0.350. The van der Waals surface area contributed by atoms with E-state index in [-0.39, 0.29) is 5.56 Å². The third-order valence-electron chi connectivity index (χ3n) is 4.74. The standard InChI is InChI=1S/C20H22N2O6S/c1-10-13(26-2)7-11(8-14(10)27-3)20(25)28-9-16(23)22-19-17(18(21)24)12-5-4-6-15(12)29-19/h7-8H,4-6,9H2,1-3H3,(H2,21,24)(H,22,23). The fourth-order valence-electron chi connectivity index (χ4n) is 3.33. The number of esters is 1. The first-order valence-corrected chi connectivity index (χ1v) is 9.81. The lowest BCUT2D eigenvalue weighted by Gasteiger charge is -2.12. The molecule has 2 aromatic rings. The third kappa shape index (κ3) is 4.19. The van der Waals surface area contributed by atoms with Gasteiger partial charge in [-0.2, -0.15) is 0 Å². The quantitative estimate of drug-likeness (QED) is 0.667. The van der Waals surface area contributed by atoms with Crippen LogP contribution >= 0.6 is 11.3 Å². The number of fused-ring (bicyclic) bond motifs is 1. The van der Waals surface area contributed by atoms with Gasteiger partial charge in [0.25, 0.3) is 11.8 Å². The molecule has 1 aromatic carbocycles. The largest absolute Gasteiger partial charge is 0.496 e. The average molecular weight is 418 g/mol. The molecule has 0 spiro atoms. The van der Waals surface area contributed by atoms with Crippen molar-refractivity contribution < 1.29 is 28.6 Å². The number of hydrogen-bond acceptors (Lipinski definition) is 7. The van der Waals surface area contributed by atoms with Crippen LogP contribution in [0, 0.1) is 6.92 Å². The van der Waals surface area contributed by atoms with Crippen molar-refractivity contribution in [2.75, 3.05) is 26.1 Å². The lowest BCUT2D eigenvalue weighted by molar-refractivity contribution is -0.119. The van der Waals surface area contributed by atoms with Crippen molar-refractivity contribution in [2.24, 2.45) is 5.73 Å². The summed E-state index contributed by atoms with van der Waals surface area (Å²) >= 11 is 1.34. The van der Waals surface area contributed by atoms with Crippen molar-refractivity contribution in [3.8, 4) is 11.5 Å². The molecule has 0 fully saturated rings. The van der Waals surface area contributed by atoms with Gasteiger partial charge in [0.15, 0.2) is 6.61 Å².